The Balaban J connectivity index is 1.51. The van der Waals surface area contributed by atoms with Crippen molar-refractivity contribution in [2.75, 3.05) is 18.4 Å². The summed E-state index contributed by atoms with van der Waals surface area (Å²) >= 11 is 0. The highest BCUT2D eigenvalue weighted by Crippen LogP contribution is 2.20. The molecule has 0 spiro atoms. The average Bonchev–Trinajstić information content (AvgIpc) is 3.11. The molecular weight excluding hydrogens is 334 g/mol. The maximum atomic E-state index is 12.5. The molecule has 0 aliphatic carbocycles. The van der Waals surface area contributed by atoms with Gasteiger partial charge in [-0.15, -0.1) is 0 Å². The molecule has 1 aliphatic heterocycles. The number of anilines is 1. The van der Waals surface area contributed by atoms with Crippen LogP contribution in [0.5, 0.6) is 0 Å². The minimum Gasteiger partial charge on any atom is -0.365 e. The number of pyridine rings is 1. The SMILES string of the molecule is NC(CC(=O)N1CCC(Nc2ccc([N+](=O)[O-])cn2)C1)c1ccccc1. The lowest BCUT2D eigenvalue weighted by Gasteiger charge is -2.20. The van der Waals surface area contributed by atoms with E-state index in [-0.39, 0.29) is 30.1 Å². The summed E-state index contributed by atoms with van der Waals surface area (Å²) in [4.78, 5) is 28.5. The molecular formula is C18H21N5O3. The molecule has 0 saturated carbocycles. The zero-order valence-electron chi connectivity index (χ0n) is 14.2. The Labute approximate surface area is 151 Å². The number of nitrogens with zero attached hydrogens (tertiary/aromatic N) is 3. The van der Waals surface area contributed by atoms with Crippen LogP contribution in [0, 0.1) is 10.1 Å². The van der Waals surface area contributed by atoms with E-state index >= 15 is 0 Å². The summed E-state index contributed by atoms with van der Waals surface area (Å²) < 4.78 is 0. The van der Waals surface area contributed by atoms with E-state index in [0.717, 1.165) is 12.0 Å². The predicted octanol–water partition coefficient (Wildman–Crippen LogP) is 2.09. The molecule has 3 rings (SSSR count). The van der Waals surface area contributed by atoms with Crippen molar-refractivity contribution in [1.29, 1.82) is 0 Å². The van der Waals surface area contributed by atoms with Crippen LogP contribution in [-0.4, -0.2) is 39.8 Å². The number of nitro groups is 1. The normalized spacial score (nSPS) is 17.7. The molecule has 8 nitrogen and oxygen atoms in total. The lowest BCUT2D eigenvalue weighted by Crippen LogP contribution is -2.33. The Hall–Kier alpha value is -3.00. The largest absolute Gasteiger partial charge is 0.365 e. The Morgan fingerprint density at radius 3 is 2.77 bits per heavy atom. The molecule has 0 radical (unpaired) electrons. The van der Waals surface area contributed by atoms with Gasteiger partial charge in [-0.3, -0.25) is 14.9 Å². The van der Waals surface area contributed by atoms with E-state index < -0.39 is 4.92 Å². The van der Waals surface area contributed by atoms with Gasteiger partial charge in [0, 0.05) is 37.7 Å². The quantitative estimate of drug-likeness (QED) is 0.606. The summed E-state index contributed by atoms with van der Waals surface area (Å²) in [5, 5.41) is 13.9. The number of nitrogens with one attached hydrogen (secondary N) is 1. The number of hydrogen-bond acceptors (Lipinski definition) is 6. The van der Waals surface area contributed by atoms with E-state index in [9.17, 15) is 14.9 Å². The molecule has 2 heterocycles. The third kappa shape index (κ3) is 4.34. The molecule has 1 saturated heterocycles. The van der Waals surface area contributed by atoms with Crippen LogP contribution in [-0.2, 0) is 4.79 Å². The molecule has 26 heavy (non-hydrogen) atoms. The average molecular weight is 355 g/mol. The number of carbonyl (C=O) groups is 1. The highest BCUT2D eigenvalue weighted by molar-refractivity contribution is 5.77. The first kappa shape index (κ1) is 17.8. The molecule has 2 aromatic rings. The van der Waals surface area contributed by atoms with Crippen molar-refractivity contribution in [2.24, 2.45) is 5.73 Å². The molecule has 136 valence electrons. The van der Waals surface area contributed by atoms with Gasteiger partial charge in [0.05, 0.1) is 4.92 Å². The third-order valence-electron chi connectivity index (χ3n) is 4.47. The van der Waals surface area contributed by atoms with Crippen LogP contribution in [0.15, 0.2) is 48.7 Å². The van der Waals surface area contributed by atoms with Crippen LogP contribution >= 0.6 is 0 Å². The number of nitrogens with two attached hydrogens (primary N) is 1. The standard InChI is InChI=1S/C18H21N5O3/c19-16(13-4-2-1-3-5-13)10-18(24)22-9-8-14(12-22)21-17-7-6-15(11-20-17)23(25)26/h1-7,11,14,16H,8-10,12,19H2,(H,20,21). The van der Waals surface area contributed by atoms with Crippen LogP contribution in [0.1, 0.15) is 24.4 Å². The summed E-state index contributed by atoms with van der Waals surface area (Å²) in [5.41, 5.74) is 7.03. The molecule has 3 N–H and O–H groups in total. The van der Waals surface area contributed by atoms with Gasteiger partial charge in [0.2, 0.25) is 5.91 Å². The number of aromatic nitrogens is 1. The van der Waals surface area contributed by atoms with E-state index in [1.54, 1.807) is 11.0 Å². The van der Waals surface area contributed by atoms with Crippen molar-refractivity contribution in [1.82, 2.24) is 9.88 Å². The maximum absolute atomic E-state index is 12.5. The molecule has 8 heteroatoms. The summed E-state index contributed by atoms with van der Waals surface area (Å²) in [6.45, 7) is 1.23. The smallest absolute Gasteiger partial charge is 0.287 e. The van der Waals surface area contributed by atoms with Gasteiger partial charge < -0.3 is 16.0 Å². The second-order valence-corrected chi connectivity index (χ2v) is 6.35. The van der Waals surface area contributed by atoms with Crippen molar-refractivity contribution in [2.45, 2.75) is 24.9 Å². The van der Waals surface area contributed by atoms with E-state index in [1.165, 1.54) is 12.3 Å². The molecule has 1 aromatic heterocycles. The predicted molar refractivity (Wildman–Crippen MR) is 97.5 cm³/mol. The van der Waals surface area contributed by atoms with E-state index in [4.69, 9.17) is 5.73 Å². The molecule has 0 bridgehead atoms. The molecule has 1 aliphatic rings. The van der Waals surface area contributed by atoms with Crippen molar-refractivity contribution in [3.8, 4) is 0 Å². The first-order valence-electron chi connectivity index (χ1n) is 8.48. The Morgan fingerprint density at radius 1 is 1.35 bits per heavy atom. The molecule has 1 aromatic carbocycles. The summed E-state index contributed by atoms with van der Waals surface area (Å²) in [7, 11) is 0. The van der Waals surface area contributed by atoms with E-state index in [0.29, 0.717) is 18.9 Å². The number of likely N-dealkylation sites (tertiary alicyclic amines) is 1. The zero-order chi connectivity index (χ0) is 18.5. The number of amides is 1. The van der Waals surface area contributed by atoms with Crippen molar-refractivity contribution >= 4 is 17.4 Å². The van der Waals surface area contributed by atoms with Crippen LogP contribution < -0.4 is 11.1 Å². The number of benzene rings is 1. The van der Waals surface area contributed by atoms with Gasteiger partial charge in [0.25, 0.3) is 5.69 Å². The highest BCUT2D eigenvalue weighted by Gasteiger charge is 2.27. The van der Waals surface area contributed by atoms with Gasteiger partial charge in [-0.05, 0) is 18.1 Å². The number of hydrogen-bond donors (Lipinski definition) is 2. The molecule has 1 fully saturated rings. The van der Waals surface area contributed by atoms with Gasteiger partial charge >= 0.3 is 0 Å². The van der Waals surface area contributed by atoms with Crippen LogP contribution in [0.25, 0.3) is 0 Å². The fraction of sp³-hybridized carbons (Fsp3) is 0.333. The van der Waals surface area contributed by atoms with Crippen molar-refractivity contribution in [3.63, 3.8) is 0 Å². The van der Waals surface area contributed by atoms with Crippen molar-refractivity contribution < 1.29 is 9.72 Å². The Kier molecular flexibility index (Phi) is 5.43. The maximum Gasteiger partial charge on any atom is 0.287 e. The van der Waals surface area contributed by atoms with Gasteiger partial charge in [-0.1, -0.05) is 30.3 Å². The highest BCUT2D eigenvalue weighted by atomic mass is 16.6. The molecule has 1 amide bonds. The lowest BCUT2D eigenvalue weighted by molar-refractivity contribution is -0.385. The minimum atomic E-state index is -0.483. The topological polar surface area (TPSA) is 114 Å². The summed E-state index contributed by atoms with van der Waals surface area (Å²) in [6.07, 6.45) is 2.29. The van der Waals surface area contributed by atoms with Crippen LogP contribution in [0.4, 0.5) is 11.5 Å². The fourth-order valence-electron chi connectivity index (χ4n) is 3.03. The van der Waals surface area contributed by atoms with Crippen LogP contribution in [0.2, 0.25) is 0 Å². The summed E-state index contributed by atoms with van der Waals surface area (Å²) in [6, 6.07) is 12.3. The van der Waals surface area contributed by atoms with Crippen LogP contribution in [0.3, 0.4) is 0 Å². The molecule has 2 unspecified atom stereocenters. The zero-order valence-corrected chi connectivity index (χ0v) is 14.2. The van der Waals surface area contributed by atoms with Gasteiger partial charge in [0.15, 0.2) is 0 Å². The van der Waals surface area contributed by atoms with Gasteiger partial charge in [0.1, 0.15) is 12.0 Å². The van der Waals surface area contributed by atoms with Gasteiger partial charge in [-0.2, -0.15) is 0 Å². The lowest BCUT2D eigenvalue weighted by atomic mass is 10.0. The minimum absolute atomic E-state index is 0.0299. The Morgan fingerprint density at radius 2 is 2.12 bits per heavy atom. The molecule has 2 atom stereocenters. The monoisotopic (exact) mass is 355 g/mol. The fourth-order valence-corrected chi connectivity index (χ4v) is 3.03. The number of carbonyl (C=O) groups excluding carboxylic acids is 1. The summed E-state index contributed by atoms with van der Waals surface area (Å²) in [5.74, 6) is 0.596. The second kappa shape index (κ2) is 7.92. The first-order chi connectivity index (χ1) is 12.5. The number of rotatable bonds is 6. The third-order valence-corrected chi connectivity index (χ3v) is 4.47. The van der Waals surface area contributed by atoms with E-state index in [2.05, 4.69) is 10.3 Å². The van der Waals surface area contributed by atoms with Gasteiger partial charge in [-0.25, -0.2) is 4.98 Å². The van der Waals surface area contributed by atoms with Crippen molar-refractivity contribution in [3.05, 3.63) is 64.3 Å². The second-order valence-electron chi connectivity index (χ2n) is 6.35. The first-order valence-corrected chi connectivity index (χ1v) is 8.48. The van der Waals surface area contributed by atoms with E-state index in [1.807, 2.05) is 30.3 Å². The Bertz CT molecular complexity index is 766.